The quantitative estimate of drug-likeness (QED) is 0.649. The number of benzene rings is 2. The lowest BCUT2D eigenvalue weighted by molar-refractivity contribution is 1.25. The van der Waals surface area contributed by atoms with Crippen LogP contribution in [-0.4, -0.2) is 0 Å². The van der Waals surface area contributed by atoms with Gasteiger partial charge in [0.15, 0.2) is 0 Å². The summed E-state index contributed by atoms with van der Waals surface area (Å²) in [5, 5.41) is 2.76. The Morgan fingerprint density at radius 3 is 2.92 bits per heavy atom. The summed E-state index contributed by atoms with van der Waals surface area (Å²) >= 11 is 3.58. The highest BCUT2D eigenvalue weighted by Gasteiger charge is 2.14. The molecule has 0 saturated carbocycles. The van der Waals surface area contributed by atoms with E-state index >= 15 is 0 Å². The number of hydrogen-bond donors (Lipinski definition) is 0. The van der Waals surface area contributed by atoms with Gasteiger partial charge in [0.2, 0.25) is 0 Å². The van der Waals surface area contributed by atoms with Crippen LogP contribution in [0, 0.1) is 6.42 Å². The average Bonchev–Trinajstić information content (AvgIpc) is 2.57. The van der Waals surface area contributed by atoms with Crippen LogP contribution >= 0.6 is 15.9 Å². The first kappa shape index (κ1) is 7.57. The van der Waals surface area contributed by atoms with Gasteiger partial charge in [0.25, 0.3) is 0 Å². The van der Waals surface area contributed by atoms with Crippen LogP contribution in [0.15, 0.2) is 34.8 Å². The minimum absolute atomic E-state index is 1.09. The first-order valence-electron chi connectivity index (χ1n) is 4.39. The fraction of sp³-hybridized carbons (Fsp3) is 0.0833. The molecule has 3 rings (SSSR count). The third kappa shape index (κ3) is 0.969. The van der Waals surface area contributed by atoms with Crippen LogP contribution in [0.5, 0.6) is 0 Å². The Labute approximate surface area is 85.7 Å². The largest absolute Gasteiger partial charge is 0.0613 e. The van der Waals surface area contributed by atoms with E-state index in [1.165, 1.54) is 26.4 Å². The van der Waals surface area contributed by atoms with Crippen molar-refractivity contribution in [2.45, 2.75) is 6.42 Å². The fourth-order valence-electron chi connectivity index (χ4n) is 2.03. The molecule has 0 bridgehead atoms. The molecule has 1 radical (unpaired) electrons. The molecule has 2 aromatic carbocycles. The Morgan fingerprint density at radius 1 is 1.08 bits per heavy atom. The molecule has 0 spiro atoms. The normalized spacial score (nSPS) is 13.9. The van der Waals surface area contributed by atoms with Crippen molar-refractivity contribution in [3.05, 3.63) is 52.4 Å². The molecular weight excluding hydrogens is 224 g/mol. The zero-order chi connectivity index (χ0) is 8.84. The number of halogens is 1. The summed E-state index contributed by atoms with van der Waals surface area (Å²) < 4.78 is 1.20. The summed E-state index contributed by atoms with van der Waals surface area (Å²) in [6, 6.07) is 10.8. The molecule has 0 atom stereocenters. The third-order valence-electron chi connectivity index (χ3n) is 2.65. The maximum absolute atomic E-state index is 3.58. The van der Waals surface area contributed by atoms with E-state index < -0.39 is 0 Å². The minimum Gasteiger partial charge on any atom is -0.0613 e. The van der Waals surface area contributed by atoms with Gasteiger partial charge < -0.3 is 0 Å². The van der Waals surface area contributed by atoms with Crippen LogP contribution in [0.1, 0.15) is 11.1 Å². The van der Waals surface area contributed by atoms with Crippen LogP contribution in [0.4, 0.5) is 0 Å². The highest BCUT2D eigenvalue weighted by Crippen LogP contribution is 2.35. The van der Waals surface area contributed by atoms with Gasteiger partial charge in [-0.2, -0.15) is 0 Å². The summed E-state index contributed by atoms with van der Waals surface area (Å²) in [4.78, 5) is 0. The zero-order valence-electron chi connectivity index (χ0n) is 7.05. The molecule has 0 nitrogen and oxygen atoms in total. The average molecular weight is 232 g/mol. The summed E-state index contributed by atoms with van der Waals surface area (Å²) in [5.41, 5.74) is 2.84. The smallest absolute Gasteiger partial charge is 0.0254 e. The van der Waals surface area contributed by atoms with Gasteiger partial charge in [0.05, 0.1) is 0 Å². The van der Waals surface area contributed by atoms with Crippen molar-refractivity contribution in [2.75, 3.05) is 0 Å². The van der Waals surface area contributed by atoms with E-state index in [0.717, 1.165) is 6.42 Å². The molecule has 0 N–H and O–H groups in total. The maximum Gasteiger partial charge on any atom is 0.0254 e. The molecule has 0 heterocycles. The lowest BCUT2D eigenvalue weighted by atomic mass is 10.1. The number of hydrogen-bond acceptors (Lipinski definition) is 0. The first-order valence-corrected chi connectivity index (χ1v) is 5.19. The summed E-state index contributed by atoms with van der Waals surface area (Å²) in [6.07, 6.45) is 3.38. The van der Waals surface area contributed by atoms with E-state index in [2.05, 4.69) is 52.7 Å². The van der Waals surface area contributed by atoms with Crippen LogP contribution in [0.25, 0.3) is 10.8 Å². The molecule has 1 heteroatoms. The summed E-state index contributed by atoms with van der Waals surface area (Å²) in [6.45, 7) is 0. The molecule has 0 fully saturated rings. The Balaban J connectivity index is 2.58. The fourth-order valence-corrected chi connectivity index (χ4v) is 2.50. The standard InChI is InChI=1S/C12H8Br/c13-11-7-6-9-5-4-8-2-1-3-10(11)12(8)9/h1-4,6-7H,5H2. The van der Waals surface area contributed by atoms with E-state index in [9.17, 15) is 0 Å². The monoisotopic (exact) mass is 231 g/mol. The van der Waals surface area contributed by atoms with Gasteiger partial charge >= 0.3 is 0 Å². The Hall–Kier alpha value is -0.820. The van der Waals surface area contributed by atoms with Crippen LogP contribution in [0.2, 0.25) is 0 Å². The van der Waals surface area contributed by atoms with Gasteiger partial charge in [-0.3, -0.25) is 0 Å². The van der Waals surface area contributed by atoms with Crippen molar-refractivity contribution in [1.29, 1.82) is 0 Å². The topological polar surface area (TPSA) is 0 Å². The highest BCUT2D eigenvalue weighted by atomic mass is 79.9. The molecular formula is C12H8Br. The van der Waals surface area contributed by atoms with E-state index in [1.54, 1.807) is 0 Å². The van der Waals surface area contributed by atoms with Crippen LogP contribution < -0.4 is 0 Å². The molecule has 1 aliphatic rings. The van der Waals surface area contributed by atoms with Gasteiger partial charge in [-0.05, 0) is 40.8 Å². The van der Waals surface area contributed by atoms with Gasteiger partial charge in [-0.1, -0.05) is 40.2 Å². The first-order chi connectivity index (χ1) is 6.36. The predicted octanol–water partition coefficient (Wildman–Crippen LogP) is 3.71. The van der Waals surface area contributed by atoms with Crippen molar-refractivity contribution >= 4 is 26.7 Å². The molecule has 2 aromatic rings. The number of rotatable bonds is 0. The van der Waals surface area contributed by atoms with E-state index in [4.69, 9.17) is 0 Å². The van der Waals surface area contributed by atoms with Crippen molar-refractivity contribution in [3.63, 3.8) is 0 Å². The molecule has 63 valence electrons. The van der Waals surface area contributed by atoms with Crippen molar-refractivity contribution < 1.29 is 0 Å². The summed E-state index contributed by atoms with van der Waals surface area (Å²) in [5.74, 6) is 0. The molecule has 13 heavy (non-hydrogen) atoms. The lowest BCUT2D eigenvalue weighted by Gasteiger charge is -2.02. The van der Waals surface area contributed by atoms with Crippen LogP contribution in [0.3, 0.4) is 0 Å². The van der Waals surface area contributed by atoms with Gasteiger partial charge in [-0.25, -0.2) is 0 Å². The van der Waals surface area contributed by atoms with Gasteiger partial charge in [-0.15, -0.1) is 0 Å². The lowest BCUT2D eigenvalue weighted by Crippen LogP contribution is -1.79. The van der Waals surface area contributed by atoms with E-state index in [0.29, 0.717) is 0 Å². The SMILES string of the molecule is Brc1ccc2c3c(cccc13)[CH]C2. The molecule has 1 aliphatic carbocycles. The second kappa shape index (κ2) is 2.58. The Morgan fingerprint density at radius 2 is 2.00 bits per heavy atom. The zero-order valence-corrected chi connectivity index (χ0v) is 8.64. The second-order valence-electron chi connectivity index (χ2n) is 3.38. The van der Waals surface area contributed by atoms with E-state index in [-0.39, 0.29) is 0 Å². The Bertz CT molecular complexity index is 475. The van der Waals surface area contributed by atoms with Gasteiger partial charge in [0.1, 0.15) is 0 Å². The summed E-state index contributed by atoms with van der Waals surface area (Å²) in [7, 11) is 0. The molecule has 0 aliphatic heterocycles. The maximum atomic E-state index is 3.58. The molecule has 0 aromatic heterocycles. The third-order valence-corrected chi connectivity index (χ3v) is 3.34. The second-order valence-corrected chi connectivity index (χ2v) is 4.24. The van der Waals surface area contributed by atoms with Crippen molar-refractivity contribution in [3.8, 4) is 0 Å². The van der Waals surface area contributed by atoms with Crippen molar-refractivity contribution in [2.24, 2.45) is 0 Å². The van der Waals surface area contributed by atoms with Crippen LogP contribution in [-0.2, 0) is 6.42 Å². The van der Waals surface area contributed by atoms with E-state index in [1.807, 2.05) is 0 Å². The Kier molecular flexibility index (Phi) is 1.50. The molecule has 0 amide bonds. The highest BCUT2D eigenvalue weighted by molar-refractivity contribution is 9.10. The van der Waals surface area contributed by atoms with Crippen molar-refractivity contribution in [1.82, 2.24) is 0 Å². The predicted molar refractivity (Wildman–Crippen MR) is 58.8 cm³/mol. The van der Waals surface area contributed by atoms with Gasteiger partial charge in [0, 0.05) is 4.47 Å². The minimum atomic E-state index is 1.09. The molecule has 0 saturated heterocycles. The molecule has 0 unspecified atom stereocenters.